The first-order chi connectivity index (χ1) is 9.44. The van der Waals surface area contributed by atoms with Gasteiger partial charge in [-0.25, -0.2) is 13.2 Å². The molecule has 0 bridgehead atoms. The number of hydrogen-bond acceptors (Lipinski definition) is 4. The van der Waals surface area contributed by atoms with E-state index in [1.165, 1.54) is 18.2 Å². The third kappa shape index (κ3) is 3.00. The fourth-order valence-corrected chi connectivity index (χ4v) is 3.76. The number of anilines is 1. The van der Waals surface area contributed by atoms with Crippen LogP contribution in [0.5, 0.6) is 0 Å². The minimum atomic E-state index is -3.74. The van der Waals surface area contributed by atoms with Crippen LogP contribution in [0.2, 0.25) is 0 Å². The van der Waals surface area contributed by atoms with Crippen LogP contribution in [0.3, 0.4) is 0 Å². The molecule has 106 valence electrons. The molecule has 20 heavy (non-hydrogen) atoms. The van der Waals surface area contributed by atoms with Crippen molar-refractivity contribution < 1.29 is 18.3 Å². The summed E-state index contributed by atoms with van der Waals surface area (Å²) < 4.78 is 26.7. The van der Waals surface area contributed by atoms with Crippen LogP contribution < -0.4 is 4.72 Å². The summed E-state index contributed by atoms with van der Waals surface area (Å²) in [6, 6.07) is 7.76. The topological polar surface area (TPSA) is 83.5 Å². The lowest BCUT2D eigenvalue weighted by Gasteiger charge is -2.10. The van der Waals surface area contributed by atoms with E-state index in [-0.39, 0.29) is 15.5 Å². The average Bonchev–Trinajstić information content (AvgIpc) is 2.93. The summed E-state index contributed by atoms with van der Waals surface area (Å²) in [5.74, 6) is -1.16. The molecule has 2 rings (SSSR count). The zero-order valence-corrected chi connectivity index (χ0v) is 12.3. The first-order valence-electron chi connectivity index (χ1n) is 5.86. The van der Waals surface area contributed by atoms with Crippen LogP contribution >= 0.6 is 11.3 Å². The van der Waals surface area contributed by atoms with E-state index >= 15 is 0 Å². The fraction of sp³-hybridized carbons (Fsp3) is 0.154. The SMILES string of the molecule is CCc1ccc(NS(=O)(=O)c2cccs2)c(C(=O)O)c1. The highest BCUT2D eigenvalue weighted by Gasteiger charge is 2.19. The number of rotatable bonds is 5. The minimum Gasteiger partial charge on any atom is -0.478 e. The quantitative estimate of drug-likeness (QED) is 0.889. The van der Waals surface area contributed by atoms with Gasteiger partial charge >= 0.3 is 5.97 Å². The Morgan fingerprint density at radius 3 is 2.65 bits per heavy atom. The lowest BCUT2D eigenvalue weighted by molar-refractivity contribution is 0.0698. The Hall–Kier alpha value is -1.86. The van der Waals surface area contributed by atoms with E-state index in [4.69, 9.17) is 0 Å². The zero-order chi connectivity index (χ0) is 14.8. The van der Waals surface area contributed by atoms with Crippen LogP contribution in [0.25, 0.3) is 0 Å². The standard InChI is InChI=1S/C13H13NO4S2/c1-2-9-5-6-11(10(8-9)13(15)16)14-20(17,18)12-4-3-7-19-12/h3-8,14H,2H2,1H3,(H,15,16). The maximum atomic E-state index is 12.1. The largest absolute Gasteiger partial charge is 0.478 e. The molecule has 0 atom stereocenters. The van der Waals surface area contributed by atoms with Gasteiger partial charge in [0.2, 0.25) is 0 Å². The molecule has 7 heteroatoms. The van der Waals surface area contributed by atoms with Crippen molar-refractivity contribution in [1.82, 2.24) is 0 Å². The molecular formula is C13H13NO4S2. The van der Waals surface area contributed by atoms with Gasteiger partial charge < -0.3 is 5.11 Å². The van der Waals surface area contributed by atoms with Gasteiger partial charge in [0, 0.05) is 0 Å². The summed E-state index contributed by atoms with van der Waals surface area (Å²) >= 11 is 1.07. The van der Waals surface area contributed by atoms with Crippen LogP contribution in [-0.4, -0.2) is 19.5 Å². The summed E-state index contributed by atoms with van der Waals surface area (Å²) in [6.07, 6.45) is 0.679. The number of benzene rings is 1. The van der Waals surface area contributed by atoms with Crippen LogP contribution in [0.15, 0.2) is 39.9 Å². The number of aromatic carboxylic acids is 1. The number of carbonyl (C=O) groups is 1. The molecule has 0 amide bonds. The predicted octanol–water partition coefficient (Wildman–Crippen LogP) is 2.81. The third-order valence-electron chi connectivity index (χ3n) is 2.73. The van der Waals surface area contributed by atoms with Crippen molar-refractivity contribution in [2.24, 2.45) is 0 Å². The highest BCUT2D eigenvalue weighted by atomic mass is 32.2. The number of carboxylic acids is 1. The van der Waals surface area contributed by atoms with Gasteiger partial charge in [0.1, 0.15) is 4.21 Å². The van der Waals surface area contributed by atoms with Crippen molar-refractivity contribution >= 4 is 33.0 Å². The van der Waals surface area contributed by atoms with Gasteiger partial charge in [-0.15, -0.1) is 11.3 Å². The van der Waals surface area contributed by atoms with Gasteiger partial charge in [0.05, 0.1) is 11.3 Å². The number of sulfonamides is 1. The smallest absolute Gasteiger partial charge is 0.337 e. The zero-order valence-electron chi connectivity index (χ0n) is 10.7. The van der Waals surface area contributed by atoms with Crippen LogP contribution in [0.4, 0.5) is 5.69 Å². The minimum absolute atomic E-state index is 0.0514. The summed E-state index contributed by atoms with van der Waals surface area (Å²) in [5.41, 5.74) is 0.856. The second-order valence-corrected chi connectivity index (χ2v) is 6.93. The van der Waals surface area contributed by atoms with E-state index in [9.17, 15) is 18.3 Å². The molecule has 0 fully saturated rings. The van der Waals surface area contributed by atoms with Gasteiger partial charge in [-0.2, -0.15) is 0 Å². The molecule has 5 nitrogen and oxygen atoms in total. The van der Waals surface area contributed by atoms with Gasteiger partial charge in [-0.3, -0.25) is 4.72 Å². The number of carboxylic acid groups (broad SMARTS) is 1. The number of aryl methyl sites for hydroxylation is 1. The Morgan fingerprint density at radius 2 is 2.10 bits per heavy atom. The molecular weight excluding hydrogens is 298 g/mol. The maximum absolute atomic E-state index is 12.1. The molecule has 0 aliphatic heterocycles. The Morgan fingerprint density at radius 1 is 1.35 bits per heavy atom. The van der Waals surface area contributed by atoms with Crippen molar-refractivity contribution in [3.63, 3.8) is 0 Å². The second kappa shape index (κ2) is 5.64. The average molecular weight is 311 g/mol. The number of thiophene rings is 1. The molecule has 1 aromatic heterocycles. The molecule has 0 spiro atoms. The third-order valence-corrected chi connectivity index (χ3v) is 5.49. The van der Waals surface area contributed by atoms with E-state index in [1.54, 1.807) is 17.5 Å². The normalized spacial score (nSPS) is 11.2. The van der Waals surface area contributed by atoms with E-state index in [0.717, 1.165) is 16.9 Å². The van der Waals surface area contributed by atoms with E-state index in [1.807, 2.05) is 6.92 Å². The molecule has 0 unspecified atom stereocenters. The van der Waals surface area contributed by atoms with Crippen molar-refractivity contribution in [2.45, 2.75) is 17.6 Å². The Bertz CT molecular complexity index is 721. The van der Waals surface area contributed by atoms with E-state index in [0.29, 0.717) is 6.42 Å². The molecule has 0 aliphatic carbocycles. The first-order valence-corrected chi connectivity index (χ1v) is 8.23. The maximum Gasteiger partial charge on any atom is 0.337 e. The van der Waals surface area contributed by atoms with Crippen molar-refractivity contribution in [1.29, 1.82) is 0 Å². The fourth-order valence-electron chi connectivity index (χ4n) is 1.69. The van der Waals surface area contributed by atoms with Gasteiger partial charge in [-0.05, 0) is 35.6 Å². The van der Waals surface area contributed by atoms with E-state index < -0.39 is 16.0 Å². The van der Waals surface area contributed by atoms with Gasteiger partial charge in [-0.1, -0.05) is 19.1 Å². The van der Waals surface area contributed by atoms with Crippen molar-refractivity contribution in [3.8, 4) is 0 Å². The predicted molar refractivity (Wildman–Crippen MR) is 77.9 cm³/mol. The molecule has 0 saturated carbocycles. The number of hydrogen-bond donors (Lipinski definition) is 2. The Kier molecular flexibility index (Phi) is 4.10. The summed E-state index contributed by atoms with van der Waals surface area (Å²) in [5, 5.41) is 10.8. The summed E-state index contributed by atoms with van der Waals surface area (Å²) in [6.45, 7) is 1.90. The van der Waals surface area contributed by atoms with Crippen LogP contribution in [0, 0.1) is 0 Å². The highest BCUT2D eigenvalue weighted by Crippen LogP contribution is 2.24. The summed E-state index contributed by atoms with van der Waals surface area (Å²) in [4.78, 5) is 11.2. The van der Waals surface area contributed by atoms with E-state index in [2.05, 4.69) is 4.72 Å². The first kappa shape index (κ1) is 14.5. The number of nitrogens with one attached hydrogen (secondary N) is 1. The van der Waals surface area contributed by atoms with Crippen molar-refractivity contribution in [2.75, 3.05) is 4.72 Å². The van der Waals surface area contributed by atoms with Gasteiger partial charge in [0.15, 0.2) is 0 Å². The lowest BCUT2D eigenvalue weighted by atomic mass is 10.1. The second-order valence-electron chi connectivity index (χ2n) is 4.08. The summed E-state index contributed by atoms with van der Waals surface area (Å²) in [7, 11) is -3.74. The van der Waals surface area contributed by atoms with Crippen molar-refractivity contribution in [3.05, 3.63) is 46.8 Å². The molecule has 1 aromatic carbocycles. The highest BCUT2D eigenvalue weighted by molar-refractivity contribution is 7.94. The molecule has 0 saturated heterocycles. The molecule has 1 heterocycles. The van der Waals surface area contributed by atoms with Crippen LogP contribution in [0.1, 0.15) is 22.8 Å². The molecule has 2 N–H and O–H groups in total. The van der Waals surface area contributed by atoms with Gasteiger partial charge in [0.25, 0.3) is 10.0 Å². The molecule has 0 aliphatic rings. The molecule has 2 aromatic rings. The monoisotopic (exact) mass is 311 g/mol. The van der Waals surface area contributed by atoms with Crippen LogP contribution in [-0.2, 0) is 16.4 Å². The molecule has 0 radical (unpaired) electrons. The Balaban J connectivity index is 2.41. The Labute approximate surface area is 120 Å². The lowest BCUT2D eigenvalue weighted by Crippen LogP contribution is -2.14.